The van der Waals surface area contributed by atoms with Gasteiger partial charge in [0.25, 0.3) is 0 Å². The lowest BCUT2D eigenvalue weighted by Crippen LogP contribution is -2.26. The van der Waals surface area contributed by atoms with Gasteiger partial charge in [-0.15, -0.1) is 0 Å². The molecule has 0 radical (unpaired) electrons. The van der Waals surface area contributed by atoms with Crippen LogP contribution in [0.5, 0.6) is 5.75 Å². The predicted octanol–water partition coefficient (Wildman–Crippen LogP) is 4.83. The lowest BCUT2D eigenvalue weighted by Gasteiger charge is -2.10. The Labute approximate surface area is 165 Å². The molecule has 0 heterocycles. The van der Waals surface area contributed by atoms with Gasteiger partial charge in [-0.25, -0.2) is 13.1 Å². The third-order valence-electron chi connectivity index (χ3n) is 3.62. The van der Waals surface area contributed by atoms with Crippen molar-refractivity contribution in [3.05, 3.63) is 63.6 Å². The second-order valence-electron chi connectivity index (χ2n) is 6.30. The number of hydrogen-bond acceptors (Lipinski definition) is 3. The summed E-state index contributed by atoms with van der Waals surface area (Å²) in [5.41, 5.74) is 1.67. The van der Waals surface area contributed by atoms with Gasteiger partial charge in [-0.3, -0.25) is 0 Å². The van der Waals surface area contributed by atoms with E-state index in [1.165, 1.54) is 0 Å². The molecule has 0 unspecified atom stereocenters. The molecule has 0 atom stereocenters. The lowest BCUT2D eigenvalue weighted by molar-refractivity contribution is 0.242. The van der Waals surface area contributed by atoms with Crippen LogP contribution >= 0.6 is 23.2 Å². The Morgan fingerprint density at radius 3 is 2.38 bits per heavy atom. The smallest absolute Gasteiger partial charge is 0.215 e. The van der Waals surface area contributed by atoms with E-state index in [9.17, 15) is 8.42 Å². The molecule has 1 N–H and O–H groups in total. The molecule has 4 nitrogen and oxygen atoms in total. The minimum Gasteiger partial charge on any atom is -0.491 e. The Kier molecular flexibility index (Phi) is 7.77. The number of hydrogen-bond donors (Lipinski definition) is 1. The molecular formula is C19H23Cl2NO3S. The number of rotatable bonds is 9. The molecule has 0 aliphatic heterocycles. The Morgan fingerprint density at radius 2 is 1.77 bits per heavy atom. The fourth-order valence-corrected chi connectivity index (χ4v) is 4.19. The topological polar surface area (TPSA) is 55.4 Å². The van der Waals surface area contributed by atoms with Crippen molar-refractivity contribution in [1.82, 2.24) is 4.72 Å². The van der Waals surface area contributed by atoms with Gasteiger partial charge in [0.2, 0.25) is 10.0 Å². The summed E-state index contributed by atoms with van der Waals surface area (Å²) >= 11 is 11.9. The Balaban J connectivity index is 1.79. The van der Waals surface area contributed by atoms with Gasteiger partial charge in [-0.05, 0) is 62.1 Å². The van der Waals surface area contributed by atoms with Crippen molar-refractivity contribution in [3.63, 3.8) is 0 Å². The van der Waals surface area contributed by atoms with E-state index in [2.05, 4.69) is 4.72 Å². The molecule has 2 rings (SSSR count). The van der Waals surface area contributed by atoms with Gasteiger partial charge in [0.15, 0.2) is 0 Å². The first kappa shape index (κ1) is 21.0. The second-order valence-corrected chi connectivity index (χ2v) is 8.95. The van der Waals surface area contributed by atoms with E-state index in [4.69, 9.17) is 27.9 Å². The van der Waals surface area contributed by atoms with Crippen molar-refractivity contribution in [2.75, 3.05) is 6.54 Å². The highest BCUT2D eigenvalue weighted by Gasteiger charge is 2.13. The Morgan fingerprint density at radius 1 is 1.08 bits per heavy atom. The van der Waals surface area contributed by atoms with Crippen LogP contribution in [0.1, 0.15) is 31.4 Å². The Bertz CT molecular complexity index is 821. The van der Waals surface area contributed by atoms with Gasteiger partial charge < -0.3 is 4.74 Å². The van der Waals surface area contributed by atoms with Crippen LogP contribution < -0.4 is 9.46 Å². The summed E-state index contributed by atoms with van der Waals surface area (Å²) in [4.78, 5) is 0. The molecule has 0 aromatic heterocycles. The molecule has 0 bridgehead atoms. The van der Waals surface area contributed by atoms with Crippen molar-refractivity contribution < 1.29 is 13.2 Å². The van der Waals surface area contributed by atoms with Crippen LogP contribution in [-0.2, 0) is 22.2 Å². The van der Waals surface area contributed by atoms with E-state index < -0.39 is 10.0 Å². The molecule has 0 spiro atoms. The molecule has 2 aromatic rings. The van der Waals surface area contributed by atoms with Gasteiger partial charge >= 0.3 is 0 Å². The monoisotopic (exact) mass is 415 g/mol. The lowest BCUT2D eigenvalue weighted by atomic mass is 10.1. The summed E-state index contributed by atoms with van der Waals surface area (Å²) < 4.78 is 32.6. The van der Waals surface area contributed by atoms with E-state index in [0.717, 1.165) is 17.7 Å². The quantitative estimate of drug-likeness (QED) is 0.596. The van der Waals surface area contributed by atoms with Gasteiger partial charge in [-0.1, -0.05) is 41.4 Å². The molecule has 7 heteroatoms. The maximum Gasteiger partial charge on any atom is 0.215 e. The van der Waals surface area contributed by atoms with Crippen LogP contribution in [-0.4, -0.2) is 21.1 Å². The van der Waals surface area contributed by atoms with Crippen molar-refractivity contribution >= 4 is 33.2 Å². The number of halogens is 2. The first-order chi connectivity index (χ1) is 12.2. The number of sulfonamides is 1. The molecule has 0 amide bonds. The van der Waals surface area contributed by atoms with E-state index in [0.29, 0.717) is 28.6 Å². The number of nitrogens with one attached hydrogen (secondary N) is 1. The van der Waals surface area contributed by atoms with Gasteiger partial charge in [-0.2, -0.15) is 0 Å². The van der Waals surface area contributed by atoms with Crippen molar-refractivity contribution in [2.45, 2.75) is 38.5 Å². The van der Waals surface area contributed by atoms with E-state index in [1.54, 1.807) is 18.2 Å². The number of benzene rings is 2. The summed E-state index contributed by atoms with van der Waals surface area (Å²) in [6.07, 6.45) is 1.63. The second kappa shape index (κ2) is 9.60. The molecule has 0 saturated heterocycles. The van der Waals surface area contributed by atoms with Crippen LogP contribution in [0.2, 0.25) is 10.0 Å². The highest BCUT2D eigenvalue weighted by atomic mass is 35.5. The largest absolute Gasteiger partial charge is 0.491 e. The zero-order valence-electron chi connectivity index (χ0n) is 14.8. The van der Waals surface area contributed by atoms with Crippen LogP contribution in [0.3, 0.4) is 0 Å². The summed E-state index contributed by atoms with van der Waals surface area (Å²) in [5.74, 6) is 0.675. The summed E-state index contributed by atoms with van der Waals surface area (Å²) in [5, 5.41) is 0.834. The van der Waals surface area contributed by atoms with E-state index in [1.807, 2.05) is 38.1 Å². The highest BCUT2D eigenvalue weighted by Crippen LogP contribution is 2.22. The molecule has 0 fully saturated rings. The summed E-state index contributed by atoms with van der Waals surface area (Å²) in [6.45, 7) is 4.34. The van der Waals surface area contributed by atoms with Crippen molar-refractivity contribution in [1.29, 1.82) is 0 Å². The van der Waals surface area contributed by atoms with Crippen molar-refractivity contribution in [2.24, 2.45) is 0 Å². The SMILES string of the molecule is CC(C)Oc1ccc(CCCNS(=O)(=O)Cc2ccc(Cl)cc2Cl)cc1. The zero-order chi connectivity index (χ0) is 19.2. The van der Waals surface area contributed by atoms with Gasteiger partial charge in [0.1, 0.15) is 5.75 Å². The normalized spacial score (nSPS) is 11.7. The van der Waals surface area contributed by atoms with Crippen LogP contribution in [0.4, 0.5) is 0 Å². The third kappa shape index (κ3) is 7.16. The molecule has 26 heavy (non-hydrogen) atoms. The Hall–Kier alpha value is -1.27. The van der Waals surface area contributed by atoms with Crippen LogP contribution in [0, 0.1) is 0 Å². The number of aryl methyl sites for hydroxylation is 1. The van der Waals surface area contributed by atoms with Gasteiger partial charge in [0.05, 0.1) is 11.9 Å². The average molecular weight is 416 g/mol. The molecule has 0 aliphatic rings. The maximum atomic E-state index is 12.2. The average Bonchev–Trinajstić information content (AvgIpc) is 2.55. The molecule has 142 valence electrons. The van der Waals surface area contributed by atoms with Crippen LogP contribution in [0.15, 0.2) is 42.5 Å². The third-order valence-corrected chi connectivity index (χ3v) is 5.54. The fraction of sp³-hybridized carbons (Fsp3) is 0.368. The summed E-state index contributed by atoms with van der Waals surface area (Å²) in [6, 6.07) is 12.7. The first-order valence-corrected chi connectivity index (χ1v) is 10.8. The molecule has 0 aliphatic carbocycles. The van der Waals surface area contributed by atoms with Crippen molar-refractivity contribution in [3.8, 4) is 5.75 Å². The van der Waals surface area contributed by atoms with Crippen LogP contribution in [0.25, 0.3) is 0 Å². The van der Waals surface area contributed by atoms with E-state index >= 15 is 0 Å². The van der Waals surface area contributed by atoms with Gasteiger partial charge in [0, 0.05) is 16.6 Å². The fourth-order valence-electron chi connectivity index (χ4n) is 2.42. The minimum atomic E-state index is -3.44. The zero-order valence-corrected chi connectivity index (χ0v) is 17.2. The van der Waals surface area contributed by atoms with E-state index in [-0.39, 0.29) is 11.9 Å². The summed E-state index contributed by atoms with van der Waals surface area (Å²) in [7, 11) is -3.44. The predicted molar refractivity (Wildman–Crippen MR) is 108 cm³/mol. The molecule has 0 saturated carbocycles. The molecular weight excluding hydrogens is 393 g/mol. The standard InChI is InChI=1S/C19H23Cl2NO3S/c1-14(2)25-18-9-5-15(6-10-18)4-3-11-22-26(23,24)13-16-7-8-17(20)12-19(16)21/h5-10,12,14,22H,3-4,11,13H2,1-2H3. The number of ether oxygens (including phenoxy) is 1. The maximum absolute atomic E-state index is 12.2. The highest BCUT2D eigenvalue weighted by molar-refractivity contribution is 7.88. The molecule has 2 aromatic carbocycles. The minimum absolute atomic E-state index is 0.143. The first-order valence-electron chi connectivity index (χ1n) is 8.42.